The molecule has 2 aromatic carbocycles. The van der Waals surface area contributed by atoms with Crippen molar-refractivity contribution in [3.05, 3.63) is 53.8 Å². The van der Waals surface area contributed by atoms with Crippen molar-refractivity contribution in [3.63, 3.8) is 0 Å². The zero-order chi connectivity index (χ0) is 19.7. The number of carbonyl (C=O) groups excluding carboxylic acids is 1. The van der Waals surface area contributed by atoms with Gasteiger partial charge in [0, 0.05) is 37.1 Å². The highest BCUT2D eigenvalue weighted by atomic mass is 16.5. The molecule has 1 saturated heterocycles. The second-order valence-corrected chi connectivity index (χ2v) is 6.87. The molecule has 3 aromatic rings. The SMILES string of the molecule is COc1ccc2oc(C(=O)N3CCN(c4ccccc4OC)CC3)c(C)c2c1. The first kappa shape index (κ1) is 18.2. The monoisotopic (exact) mass is 380 g/mol. The fourth-order valence-electron chi connectivity index (χ4n) is 3.72. The van der Waals surface area contributed by atoms with Crippen LogP contribution >= 0.6 is 0 Å². The molecule has 1 amide bonds. The molecule has 0 unspecified atom stereocenters. The van der Waals surface area contributed by atoms with Gasteiger partial charge in [0.1, 0.15) is 17.1 Å². The van der Waals surface area contributed by atoms with Crippen molar-refractivity contribution in [2.24, 2.45) is 0 Å². The van der Waals surface area contributed by atoms with Gasteiger partial charge in [0.15, 0.2) is 5.76 Å². The number of amides is 1. The molecule has 1 aliphatic rings. The number of methoxy groups -OCH3 is 2. The Hall–Kier alpha value is -3.15. The highest BCUT2D eigenvalue weighted by Crippen LogP contribution is 2.31. The van der Waals surface area contributed by atoms with Crippen LogP contribution < -0.4 is 14.4 Å². The molecule has 0 spiro atoms. The summed E-state index contributed by atoms with van der Waals surface area (Å²) in [5.41, 5.74) is 2.62. The smallest absolute Gasteiger partial charge is 0.290 e. The Labute approximate surface area is 164 Å². The summed E-state index contributed by atoms with van der Waals surface area (Å²) < 4.78 is 16.6. The number of anilines is 1. The topological polar surface area (TPSA) is 55.2 Å². The Balaban J connectivity index is 1.51. The molecular formula is C22H24N2O4. The molecule has 146 valence electrons. The van der Waals surface area contributed by atoms with Crippen LogP contribution in [0, 0.1) is 6.92 Å². The number of fused-ring (bicyclic) bond motifs is 1. The van der Waals surface area contributed by atoms with Crippen molar-refractivity contribution in [3.8, 4) is 11.5 Å². The Bertz CT molecular complexity index is 1000. The average Bonchev–Trinajstić information content (AvgIpc) is 3.09. The minimum absolute atomic E-state index is 0.0626. The maximum absolute atomic E-state index is 13.1. The van der Waals surface area contributed by atoms with E-state index >= 15 is 0 Å². The van der Waals surface area contributed by atoms with Crippen LogP contribution in [0.1, 0.15) is 16.1 Å². The summed E-state index contributed by atoms with van der Waals surface area (Å²) in [6, 6.07) is 13.6. The van der Waals surface area contributed by atoms with Gasteiger partial charge in [0.2, 0.25) is 0 Å². The van der Waals surface area contributed by atoms with E-state index in [9.17, 15) is 4.79 Å². The maximum atomic E-state index is 13.1. The number of hydrogen-bond acceptors (Lipinski definition) is 5. The number of benzene rings is 2. The van der Waals surface area contributed by atoms with Crippen LogP contribution in [0.3, 0.4) is 0 Å². The zero-order valence-electron chi connectivity index (χ0n) is 16.4. The summed E-state index contributed by atoms with van der Waals surface area (Å²) >= 11 is 0. The number of rotatable bonds is 4. The third-order valence-corrected chi connectivity index (χ3v) is 5.33. The number of piperazine rings is 1. The molecule has 0 radical (unpaired) electrons. The van der Waals surface area contributed by atoms with Crippen LogP contribution in [0.4, 0.5) is 5.69 Å². The third kappa shape index (κ3) is 3.15. The summed E-state index contributed by atoms with van der Waals surface area (Å²) in [5, 5.41) is 0.912. The van der Waals surface area contributed by atoms with E-state index in [1.54, 1.807) is 14.2 Å². The standard InChI is InChI=1S/C22H24N2O4/c1-15-17-14-16(26-2)8-9-19(17)28-21(15)22(25)24-12-10-23(11-13-24)18-6-4-5-7-20(18)27-3/h4-9,14H,10-13H2,1-3H3. The van der Waals surface area contributed by atoms with Crippen molar-refractivity contribution in [2.75, 3.05) is 45.3 Å². The summed E-state index contributed by atoms with van der Waals surface area (Å²) in [6.07, 6.45) is 0. The van der Waals surface area contributed by atoms with Gasteiger partial charge in [0.05, 0.1) is 19.9 Å². The Morgan fingerprint density at radius 2 is 1.75 bits per heavy atom. The Morgan fingerprint density at radius 1 is 1.00 bits per heavy atom. The molecule has 1 fully saturated rings. The number of hydrogen-bond donors (Lipinski definition) is 0. The van der Waals surface area contributed by atoms with Crippen LogP contribution in [-0.4, -0.2) is 51.2 Å². The minimum atomic E-state index is -0.0626. The first-order valence-corrected chi connectivity index (χ1v) is 9.36. The van der Waals surface area contributed by atoms with Crippen LogP contribution in [0.15, 0.2) is 46.9 Å². The molecule has 0 bridgehead atoms. The van der Waals surface area contributed by atoms with Gasteiger partial charge in [-0.2, -0.15) is 0 Å². The lowest BCUT2D eigenvalue weighted by Crippen LogP contribution is -2.48. The van der Waals surface area contributed by atoms with E-state index < -0.39 is 0 Å². The number of para-hydroxylation sites is 2. The van der Waals surface area contributed by atoms with Crippen molar-refractivity contribution in [2.45, 2.75) is 6.92 Å². The Morgan fingerprint density at radius 3 is 2.46 bits per heavy atom. The van der Waals surface area contributed by atoms with Gasteiger partial charge in [-0.1, -0.05) is 12.1 Å². The molecule has 2 heterocycles. The van der Waals surface area contributed by atoms with Crippen molar-refractivity contribution < 1.29 is 18.7 Å². The molecule has 1 aromatic heterocycles. The van der Waals surface area contributed by atoms with Gasteiger partial charge in [-0.05, 0) is 37.3 Å². The molecule has 0 aliphatic carbocycles. The summed E-state index contributed by atoms with van der Waals surface area (Å²) in [7, 11) is 3.31. The van der Waals surface area contributed by atoms with Gasteiger partial charge >= 0.3 is 0 Å². The molecule has 0 atom stereocenters. The minimum Gasteiger partial charge on any atom is -0.497 e. The van der Waals surface area contributed by atoms with Crippen molar-refractivity contribution >= 4 is 22.6 Å². The lowest BCUT2D eigenvalue weighted by molar-refractivity contribution is 0.0716. The van der Waals surface area contributed by atoms with Gasteiger partial charge in [-0.15, -0.1) is 0 Å². The van der Waals surface area contributed by atoms with Gasteiger partial charge < -0.3 is 23.7 Å². The second kappa shape index (κ2) is 7.46. The zero-order valence-corrected chi connectivity index (χ0v) is 16.4. The molecule has 6 nitrogen and oxygen atoms in total. The van der Waals surface area contributed by atoms with Gasteiger partial charge in [0.25, 0.3) is 5.91 Å². The van der Waals surface area contributed by atoms with Crippen molar-refractivity contribution in [1.29, 1.82) is 0 Å². The fraction of sp³-hybridized carbons (Fsp3) is 0.318. The quantitative estimate of drug-likeness (QED) is 0.690. The molecule has 0 N–H and O–H groups in total. The molecule has 4 rings (SSSR count). The van der Waals surface area contributed by atoms with Gasteiger partial charge in [-0.3, -0.25) is 4.79 Å². The Kier molecular flexibility index (Phi) is 4.86. The summed E-state index contributed by atoms with van der Waals surface area (Å²) in [4.78, 5) is 17.2. The first-order chi connectivity index (χ1) is 13.6. The molecule has 1 aliphatic heterocycles. The first-order valence-electron chi connectivity index (χ1n) is 9.36. The summed E-state index contributed by atoms with van der Waals surface area (Å²) in [6.45, 7) is 4.69. The van der Waals surface area contributed by atoms with E-state index in [1.165, 1.54) is 0 Å². The lowest BCUT2D eigenvalue weighted by Gasteiger charge is -2.36. The van der Waals surface area contributed by atoms with Crippen LogP contribution in [0.5, 0.6) is 11.5 Å². The van der Waals surface area contributed by atoms with E-state index in [0.717, 1.165) is 41.2 Å². The number of ether oxygens (including phenoxy) is 2. The highest BCUT2D eigenvalue weighted by molar-refractivity contribution is 5.99. The average molecular weight is 380 g/mol. The van der Waals surface area contributed by atoms with E-state index in [0.29, 0.717) is 24.4 Å². The lowest BCUT2D eigenvalue weighted by atomic mass is 10.1. The largest absolute Gasteiger partial charge is 0.497 e. The second-order valence-electron chi connectivity index (χ2n) is 6.87. The molecular weight excluding hydrogens is 356 g/mol. The van der Waals surface area contributed by atoms with Gasteiger partial charge in [-0.25, -0.2) is 0 Å². The van der Waals surface area contributed by atoms with E-state index in [-0.39, 0.29) is 5.91 Å². The molecule has 0 saturated carbocycles. The number of furan rings is 1. The van der Waals surface area contributed by atoms with E-state index in [2.05, 4.69) is 4.90 Å². The van der Waals surface area contributed by atoms with E-state index in [4.69, 9.17) is 13.9 Å². The normalized spacial score (nSPS) is 14.4. The predicted molar refractivity (Wildman–Crippen MR) is 109 cm³/mol. The van der Waals surface area contributed by atoms with Crippen LogP contribution in [0.25, 0.3) is 11.0 Å². The number of nitrogens with zero attached hydrogens (tertiary/aromatic N) is 2. The maximum Gasteiger partial charge on any atom is 0.290 e. The third-order valence-electron chi connectivity index (χ3n) is 5.33. The highest BCUT2D eigenvalue weighted by Gasteiger charge is 2.27. The molecule has 28 heavy (non-hydrogen) atoms. The fourth-order valence-corrected chi connectivity index (χ4v) is 3.72. The van der Waals surface area contributed by atoms with Crippen LogP contribution in [-0.2, 0) is 0 Å². The summed E-state index contributed by atoms with van der Waals surface area (Å²) in [5.74, 6) is 1.95. The molecule has 6 heteroatoms. The van der Waals surface area contributed by atoms with Crippen molar-refractivity contribution in [1.82, 2.24) is 4.90 Å². The number of aryl methyl sites for hydroxylation is 1. The van der Waals surface area contributed by atoms with E-state index in [1.807, 2.05) is 54.3 Å². The predicted octanol–water partition coefficient (Wildman–Crippen LogP) is 3.72. The van der Waals surface area contributed by atoms with Crippen LogP contribution in [0.2, 0.25) is 0 Å². The number of carbonyl (C=O) groups is 1.